The molecule has 0 aliphatic rings. The number of carboxylic acids is 2. The van der Waals surface area contributed by atoms with Crippen LogP contribution in [-0.2, 0) is 50.4 Å². The van der Waals surface area contributed by atoms with Crippen molar-refractivity contribution in [2.45, 2.75) is 55.4 Å². The Morgan fingerprint density at radius 2 is 0.807 bits per heavy atom. The summed E-state index contributed by atoms with van der Waals surface area (Å²) in [6.45, 7) is 13.8. The zero-order chi connectivity index (χ0) is 62.0. The number of carbonyl (C=O) groups is 2. The molecule has 0 atom stereocenters. The first kappa shape index (κ1) is 72.6. The van der Waals surface area contributed by atoms with Crippen molar-refractivity contribution in [3.05, 3.63) is 193 Å². The van der Waals surface area contributed by atoms with E-state index in [4.69, 9.17) is 29.3 Å². The van der Waals surface area contributed by atoms with Crippen LogP contribution in [0.3, 0.4) is 0 Å². The van der Waals surface area contributed by atoms with E-state index < -0.39 is 11.9 Å². The fraction of sp³-hybridized carbons (Fsp3) is 0.105. The van der Waals surface area contributed by atoms with Crippen molar-refractivity contribution in [1.29, 1.82) is 0 Å². The number of carboxylic acid groups (broad SMARTS) is 2. The smallest absolute Gasteiger partial charge is 0.497 e. The molecule has 0 amide bonds. The molecule has 0 aliphatic carbocycles. The van der Waals surface area contributed by atoms with Gasteiger partial charge in [0, 0.05) is 105 Å². The van der Waals surface area contributed by atoms with Crippen molar-refractivity contribution in [1.82, 2.24) is 19.9 Å². The van der Waals surface area contributed by atoms with Crippen LogP contribution >= 0.6 is 0 Å². The molecule has 10 nitrogen and oxygen atoms in total. The van der Waals surface area contributed by atoms with Gasteiger partial charge in [0.15, 0.2) is 0 Å². The van der Waals surface area contributed by atoms with E-state index in [0.717, 1.165) is 87.1 Å². The number of aromatic nitrogens is 4. The number of nitrogens with zero attached hydrogens (tertiary/aromatic N) is 4. The molecule has 432 valence electrons. The first-order chi connectivity index (χ1) is 41.7. The molecule has 4 aromatic carbocycles. The fourth-order valence-electron chi connectivity index (χ4n) is 6.58. The van der Waals surface area contributed by atoms with Crippen molar-refractivity contribution < 1.29 is 70.1 Å². The van der Waals surface area contributed by atoms with E-state index in [1.165, 1.54) is 5.56 Å². The topological polar surface area (TPSA) is 145 Å². The number of hydrogen-bond acceptors (Lipinski definition) is 8. The van der Waals surface area contributed by atoms with Gasteiger partial charge in [-0.1, -0.05) is 78.9 Å². The molecular weight excluding hydrogens is 1280 g/mol. The molecule has 0 saturated carbocycles. The van der Waals surface area contributed by atoms with Crippen molar-refractivity contribution in [2.24, 2.45) is 0 Å². The van der Waals surface area contributed by atoms with E-state index in [1.54, 1.807) is 32.4 Å². The maximum Gasteiger partial charge on any atom is 2.00 e. The number of rotatable bonds is 8. The van der Waals surface area contributed by atoms with E-state index >= 15 is 0 Å². The number of ether oxygens (including phenoxy) is 2. The summed E-state index contributed by atoms with van der Waals surface area (Å²) >= 11 is 0. The van der Waals surface area contributed by atoms with Gasteiger partial charge >= 0.3 is 20.4 Å². The van der Waals surface area contributed by atoms with Gasteiger partial charge in [-0.15, -0.1) is 41.0 Å². The van der Waals surface area contributed by atoms with Gasteiger partial charge in [0.1, 0.15) is 11.5 Å². The summed E-state index contributed by atoms with van der Waals surface area (Å²) in [5.41, 5.74) is 12.1. The van der Waals surface area contributed by atoms with Crippen LogP contribution in [0.4, 0.5) is 0 Å². The summed E-state index contributed by atoms with van der Waals surface area (Å²) in [6, 6.07) is 50.4. The number of aryl methyl sites for hydroxylation is 4. The number of hydrogen-bond donors (Lipinski definition) is 2. The zero-order valence-corrected chi connectivity index (χ0v) is 52.1. The summed E-state index contributed by atoms with van der Waals surface area (Å²) in [6.07, 6.45) is 7.21. The second-order valence-electron chi connectivity index (χ2n) is 17.0. The second-order valence-corrected chi connectivity index (χ2v) is 17.0. The monoisotopic (exact) mass is 1330 g/mol. The molecule has 0 bridgehead atoms. The summed E-state index contributed by atoms with van der Waals surface area (Å²) < 4.78 is 12.2. The number of pyridine rings is 4. The SMILES string of the molecule is CC#CC#CC#CC#CC#CC#CC#CC#CC#CC#CC#CC.CC(=O)O.CC(=O)O.Cc1cc(Oc2[c-]c(-c3cc(C)ccn3)ccc2)[c-]c(-c2ccccn2)c1.Cc1cc(Oc2cccc(-c3cc(C)ccn3)c2)cc(-c2ccccn2)c1.[Pd+2].[Pd]. The molecule has 0 radical (unpaired) electrons. The largest absolute Gasteiger partial charge is 2.00 e. The maximum atomic E-state index is 9.00. The van der Waals surface area contributed by atoms with Gasteiger partial charge in [-0.3, -0.25) is 19.6 Å². The Hall–Kier alpha value is -11.5. The zero-order valence-electron chi connectivity index (χ0n) is 49.0. The quantitative estimate of drug-likeness (QED) is 0.0857. The van der Waals surface area contributed by atoms with Crippen LogP contribution in [0.25, 0.3) is 45.0 Å². The molecule has 4 aromatic heterocycles. The van der Waals surface area contributed by atoms with Crippen molar-refractivity contribution in [2.75, 3.05) is 0 Å². The van der Waals surface area contributed by atoms with Crippen LogP contribution in [0.5, 0.6) is 23.0 Å². The van der Waals surface area contributed by atoms with Crippen LogP contribution in [-0.4, -0.2) is 42.1 Å². The molecule has 0 saturated heterocycles. The Balaban J connectivity index is 0.000000420. The molecule has 8 rings (SSSR count). The normalized spacial score (nSPS) is 8.14. The van der Waals surface area contributed by atoms with Crippen LogP contribution in [0, 0.1) is 170 Å². The number of benzene rings is 4. The first-order valence-corrected chi connectivity index (χ1v) is 25.8. The van der Waals surface area contributed by atoms with Crippen LogP contribution < -0.4 is 9.47 Å². The maximum absolute atomic E-state index is 9.00. The van der Waals surface area contributed by atoms with Gasteiger partial charge in [0.25, 0.3) is 11.9 Å². The molecule has 4 heterocycles. The standard InChI is InChI=1S/C24H20N2O.C24H18N2O.C24H6.2C2H4O2.2Pd/c2*1-17-9-11-26-24(14-17)19-6-5-7-21(15-19)27-22-13-18(2)12-20(16-22)23-8-3-4-10-25-23;1-3-5-7-9-11-13-15-17-19-21-23-24-22-20-18-16-14-12-10-8-6-4-2;2*1-2(3)4;;/h3-16H,1-2H3;3-14H,1-2H3;1-2H3;2*1H3,(H,3,4);;/q;-2;;;;;+2. The Morgan fingerprint density at radius 3 is 1.30 bits per heavy atom. The Bertz CT molecular complexity index is 4140. The second kappa shape index (κ2) is 43.2. The minimum Gasteiger partial charge on any atom is -0.497 e. The predicted molar refractivity (Wildman–Crippen MR) is 339 cm³/mol. The molecule has 88 heavy (non-hydrogen) atoms. The van der Waals surface area contributed by atoms with Gasteiger partial charge < -0.3 is 29.7 Å². The van der Waals surface area contributed by atoms with Gasteiger partial charge in [-0.2, -0.15) is 0 Å². The molecule has 0 spiro atoms. The van der Waals surface area contributed by atoms with Crippen LogP contribution in [0.15, 0.2) is 158 Å². The Labute approximate surface area is 544 Å². The van der Waals surface area contributed by atoms with Gasteiger partial charge in [0.05, 0.1) is 11.4 Å². The van der Waals surface area contributed by atoms with E-state index in [9.17, 15) is 0 Å². The Morgan fingerprint density at radius 1 is 0.375 bits per heavy atom. The Kier molecular flexibility index (Phi) is 35.6. The molecule has 2 N–H and O–H groups in total. The van der Waals surface area contributed by atoms with E-state index in [1.807, 2.05) is 141 Å². The first-order valence-electron chi connectivity index (χ1n) is 25.8. The van der Waals surface area contributed by atoms with Crippen molar-refractivity contribution >= 4 is 11.9 Å². The van der Waals surface area contributed by atoms with Gasteiger partial charge in [-0.25, -0.2) is 0 Å². The third kappa shape index (κ3) is 31.2. The minimum atomic E-state index is -0.833. The fourth-order valence-corrected chi connectivity index (χ4v) is 6.58. The molecule has 0 unspecified atom stereocenters. The molecule has 8 aromatic rings. The predicted octanol–water partition coefficient (Wildman–Crippen LogP) is 13.3. The average molecular weight is 1330 g/mol. The molecule has 12 heteroatoms. The van der Waals surface area contributed by atoms with Crippen molar-refractivity contribution in [3.63, 3.8) is 0 Å². The number of aliphatic carboxylic acids is 2. The average Bonchev–Trinajstić information content (AvgIpc) is 3.69. The van der Waals surface area contributed by atoms with E-state index in [0.29, 0.717) is 11.5 Å². The molecule has 0 fully saturated rings. The summed E-state index contributed by atoms with van der Waals surface area (Å²) in [5.74, 6) is 56.8. The molecular formula is C76H52N4O6Pd2. The van der Waals surface area contributed by atoms with E-state index in [2.05, 4.69) is 188 Å². The van der Waals surface area contributed by atoms with E-state index in [-0.39, 0.29) is 40.8 Å². The molecule has 0 aliphatic heterocycles. The van der Waals surface area contributed by atoms with Crippen molar-refractivity contribution in [3.8, 4) is 198 Å². The third-order valence-corrected chi connectivity index (χ3v) is 9.84. The summed E-state index contributed by atoms with van der Waals surface area (Å²) in [4.78, 5) is 35.7. The third-order valence-electron chi connectivity index (χ3n) is 9.84. The van der Waals surface area contributed by atoms with Gasteiger partial charge in [-0.05, 0) is 219 Å². The van der Waals surface area contributed by atoms with Gasteiger partial charge in [0.2, 0.25) is 0 Å². The minimum absolute atomic E-state index is 0. The van der Waals surface area contributed by atoms with Crippen LogP contribution in [0.2, 0.25) is 0 Å². The van der Waals surface area contributed by atoms with Crippen LogP contribution in [0.1, 0.15) is 49.9 Å². The summed E-state index contributed by atoms with van der Waals surface area (Å²) in [7, 11) is 0. The summed E-state index contributed by atoms with van der Waals surface area (Å²) in [5, 5.41) is 14.8.